The number of aryl methyl sites for hydroxylation is 1. The van der Waals surface area contributed by atoms with Crippen LogP contribution in [0, 0.1) is 6.92 Å². The van der Waals surface area contributed by atoms with Gasteiger partial charge in [-0.2, -0.15) is 0 Å². The molecule has 0 fully saturated rings. The van der Waals surface area contributed by atoms with Crippen molar-refractivity contribution in [2.75, 3.05) is 5.32 Å². The quantitative estimate of drug-likeness (QED) is 0.829. The van der Waals surface area contributed by atoms with E-state index < -0.39 is 0 Å². The van der Waals surface area contributed by atoms with E-state index in [0.29, 0.717) is 10.6 Å². The lowest BCUT2D eigenvalue weighted by Gasteiger charge is -2.05. The molecule has 0 radical (unpaired) electrons. The molecule has 0 aliphatic rings. The molecule has 0 aliphatic carbocycles. The van der Waals surface area contributed by atoms with Crippen LogP contribution in [0.15, 0.2) is 34.1 Å². The van der Waals surface area contributed by atoms with E-state index in [4.69, 9.17) is 0 Å². The van der Waals surface area contributed by atoms with E-state index >= 15 is 0 Å². The molecule has 2 aromatic rings. The number of halogens is 1. The van der Waals surface area contributed by atoms with Gasteiger partial charge in [0.25, 0.3) is 5.91 Å². The molecule has 0 atom stereocenters. The van der Waals surface area contributed by atoms with E-state index in [9.17, 15) is 9.90 Å². The number of aromatic hydroxyl groups is 1. The topological polar surface area (TPSA) is 49.3 Å². The molecule has 0 aliphatic heterocycles. The predicted octanol–water partition coefficient (Wildman–Crippen LogP) is 3.78. The number of carbonyl (C=O) groups is 1. The van der Waals surface area contributed by atoms with E-state index in [-0.39, 0.29) is 11.7 Å². The number of hydrogen-bond acceptors (Lipinski definition) is 3. The van der Waals surface area contributed by atoms with Gasteiger partial charge in [0.15, 0.2) is 0 Å². The van der Waals surface area contributed by atoms with E-state index in [1.807, 2.05) is 6.07 Å². The molecule has 1 amide bonds. The smallest absolute Gasteiger partial charge is 0.265 e. The maximum absolute atomic E-state index is 11.8. The van der Waals surface area contributed by atoms with Gasteiger partial charge in [0.05, 0.1) is 8.66 Å². The number of rotatable bonds is 2. The Morgan fingerprint density at radius 3 is 2.71 bits per heavy atom. The van der Waals surface area contributed by atoms with Gasteiger partial charge in [-0.05, 0) is 58.7 Å². The first-order valence-electron chi connectivity index (χ1n) is 4.92. The second-order valence-electron chi connectivity index (χ2n) is 3.56. The van der Waals surface area contributed by atoms with E-state index in [1.54, 1.807) is 31.2 Å². The van der Waals surface area contributed by atoms with Crippen molar-refractivity contribution in [2.45, 2.75) is 6.92 Å². The highest BCUT2D eigenvalue weighted by atomic mass is 79.9. The molecule has 2 rings (SSSR count). The van der Waals surface area contributed by atoms with Crippen molar-refractivity contribution in [2.24, 2.45) is 0 Å². The number of anilines is 1. The standard InChI is InChI=1S/C12H10BrNO2S/c1-7-6-8(2-3-9(7)15)14-12(16)10-4-5-11(13)17-10/h2-6,15H,1H3,(H,14,16). The Bertz CT molecular complexity index is 565. The number of carbonyl (C=O) groups excluding carboxylic acids is 1. The summed E-state index contributed by atoms with van der Waals surface area (Å²) in [7, 11) is 0. The molecule has 0 unspecified atom stereocenters. The molecule has 0 saturated heterocycles. The molecule has 0 spiro atoms. The third-order valence-corrected chi connectivity index (χ3v) is 3.87. The summed E-state index contributed by atoms with van der Waals surface area (Å²) in [6.45, 7) is 1.78. The zero-order valence-electron chi connectivity index (χ0n) is 9.03. The Kier molecular flexibility index (Phi) is 3.49. The summed E-state index contributed by atoms with van der Waals surface area (Å²) in [5, 5.41) is 12.2. The van der Waals surface area contributed by atoms with Crippen LogP contribution in [0.4, 0.5) is 5.69 Å². The van der Waals surface area contributed by atoms with Crippen LogP contribution in [-0.2, 0) is 0 Å². The molecule has 88 valence electrons. The number of thiophene rings is 1. The third kappa shape index (κ3) is 2.87. The molecular weight excluding hydrogens is 302 g/mol. The average molecular weight is 312 g/mol. The summed E-state index contributed by atoms with van der Waals surface area (Å²) in [5.41, 5.74) is 1.41. The van der Waals surface area contributed by atoms with Crippen molar-refractivity contribution in [3.05, 3.63) is 44.6 Å². The Labute approximate surface area is 111 Å². The molecule has 1 aromatic heterocycles. The minimum Gasteiger partial charge on any atom is -0.508 e. The van der Waals surface area contributed by atoms with Crippen molar-refractivity contribution >= 4 is 38.9 Å². The summed E-state index contributed by atoms with van der Waals surface area (Å²) < 4.78 is 0.921. The van der Waals surface area contributed by atoms with Crippen LogP contribution in [0.3, 0.4) is 0 Å². The number of nitrogens with one attached hydrogen (secondary N) is 1. The molecule has 17 heavy (non-hydrogen) atoms. The maximum atomic E-state index is 11.8. The fraction of sp³-hybridized carbons (Fsp3) is 0.0833. The molecule has 2 N–H and O–H groups in total. The largest absolute Gasteiger partial charge is 0.508 e. The summed E-state index contributed by atoms with van der Waals surface area (Å²) in [6.07, 6.45) is 0. The molecule has 0 saturated carbocycles. The van der Waals surface area contributed by atoms with Gasteiger partial charge in [0.1, 0.15) is 5.75 Å². The van der Waals surface area contributed by atoms with Gasteiger partial charge in [0, 0.05) is 5.69 Å². The Hall–Kier alpha value is -1.33. The van der Waals surface area contributed by atoms with Gasteiger partial charge in [-0.3, -0.25) is 4.79 Å². The highest BCUT2D eigenvalue weighted by Crippen LogP contribution is 2.24. The third-order valence-electron chi connectivity index (χ3n) is 2.25. The lowest BCUT2D eigenvalue weighted by molar-refractivity contribution is 0.103. The lowest BCUT2D eigenvalue weighted by atomic mass is 10.2. The van der Waals surface area contributed by atoms with E-state index in [0.717, 1.165) is 9.35 Å². The number of benzene rings is 1. The zero-order chi connectivity index (χ0) is 12.4. The Balaban J connectivity index is 2.15. The summed E-state index contributed by atoms with van der Waals surface area (Å²) in [6, 6.07) is 8.56. The average Bonchev–Trinajstić information content (AvgIpc) is 2.70. The minimum absolute atomic E-state index is 0.147. The zero-order valence-corrected chi connectivity index (χ0v) is 11.4. The van der Waals surface area contributed by atoms with Crippen LogP contribution in [0.2, 0.25) is 0 Å². The molecular formula is C12H10BrNO2S. The summed E-state index contributed by atoms with van der Waals surface area (Å²) in [4.78, 5) is 12.5. The van der Waals surface area contributed by atoms with Crippen LogP contribution in [0.5, 0.6) is 5.75 Å². The van der Waals surface area contributed by atoms with Crippen molar-refractivity contribution < 1.29 is 9.90 Å². The van der Waals surface area contributed by atoms with Gasteiger partial charge in [-0.15, -0.1) is 11.3 Å². The maximum Gasteiger partial charge on any atom is 0.265 e. The normalized spacial score (nSPS) is 10.2. The number of phenols is 1. The molecule has 0 bridgehead atoms. The Morgan fingerprint density at radius 1 is 1.35 bits per heavy atom. The van der Waals surface area contributed by atoms with E-state index in [1.165, 1.54) is 11.3 Å². The van der Waals surface area contributed by atoms with Crippen molar-refractivity contribution in [3.63, 3.8) is 0 Å². The van der Waals surface area contributed by atoms with Crippen LogP contribution < -0.4 is 5.32 Å². The molecule has 5 heteroatoms. The molecule has 1 heterocycles. The van der Waals surface area contributed by atoms with Gasteiger partial charge < -0.3 is 10.4 Å². The molecule has 1 aromatic carbocycles. The summed E-state index contributed by atoms with van der Waals surface area (Å²) >= 11 is 4.69. The Morgan fingerprint density at radius 2 is 2.12 bits per heavy atom. The number of hydrogen-bond donors (Lipinski definition) is 2. The van der Waals surface area contributed by atoms with Crippen molar-refractivity contribution in [1.29, 1.82) is 0 Å². The second-order valence-corrected chi connectivity index (χ2v) is 6.02. The van der Waals surface area contributed by atoms with Gasteiger partial charge in [-0.25, -0.2) is 0 Å². The van der Waals surface area contributed by atoms with Crippen molar-refractivity contribution in [3.8, 4) is 5.75 Å². The van der Waals surface area contributed by atoms with Crippen LogP contribution in [-0.4, -0.2) is 11.0 Å². The van der Waals surface area contributed by atoms with Gasteiger partial charge in [-0.1, -0.05) is 0 Å². The highest BCUT2D eigenvalue weighted by molar-refractivity contribution is 9.11. The van der Waals surface area contributed by atoms with Crippen LogP contribution >= 0.6 is 27.3 Å². The first-order valence-corrected chi connectivity index (χ1v) is 6.53. The monoisotopic (exact) mass is 311 g/mol. The predicted molar refractivity (Wildman–Crippen MR) is 72.8 cm³/mol. The van der Waals surface area contributed by atoms with Gasteiger partial charge >= 0.3 is 0 Å². The van der Waals surface area contributed by atoms with Crippen molar-refractivity contribution in [1.82, 2.24) is 0 Å². The second kappa shape index (κ2) is 4.89. The summed E-state index contributed by atoms with van der Waals surface area (Å²) in [5.74, 6) is 0.0765. The number of phenolic OH excluding ortho intramolecular Hbond substituents is 1. The fourth-order valence-corrected chi connectivity index (χ4v) is 2.64. The van der Waals surface area contributed by atoms with Gasteiger partial charge in [0.2, 0.25) is 0 Å². The fourth-order valence-electron chi connectivity index (χ4n) is 1.36. The van der Waals surface area contributed by atoms with Crippen LogP contribution in [0.25, 0.3) is 0 Å². The van der Waals surface area contributed by atoms with E-state index in [2.05, 4.69) is 21.2 Å². The SMILES string of the molecule is Cc1cc(NC(=O)c2ccc(Br)s2)ccc1O. The lowest BCUT2D eigenvalue weighted by Crippen LogP contribution is -2.09. The highest BCUT2D eigenvalue weighted by Gasteiger charge is 2.09. The molecule has 3 nitrogen and oxygen atoms in total. The first-order chi connectivity index (χ1) is 8.06. The van der Waals surface area contributed by atoms with Crippen LogP contribution in [0.1, 0.15) is 15.2 Å². The first kappa shape index (κ1) is 12.1. The number of amides is 1. The minimum atomic E-state index is -0.147.